The van der Waals surface area contributed by atoms with Gasteiger partial charge in [0.15, 0.2) is 0 Å². The summed E-state index contributed by atoms with van der Waals surface area (Å²) in [6, 6.07) is 3.31. The Kier molecular flexibility index (Phi) is 6.23. The first-order chi connectivity index (χ1) is 9.63. The average Bonchev–Trinajstić information content (AvgIpc) is 2.41. The van der Waals surface area contributed by atoms with Crippen LogP contribution in [-0.4, -0.2) is 22.0 Å². The summed E-state index contributed by atoms with van der Waals surface area (Å²) in [5, 5.41) is 3.45. The first-order valence-electron chi connectivity index (χ1n) is 7.06. The highest BCUT2D eigenvalue weighted by Gasteiger charge is 2.23. The second-order valence-corrected chi connectivity index (χ2v) is 8.23. The lowest BCUT2D eigenvalue weighted by atomic mass is 9.91. The largest absolute Gasteiger partial charge is 0.316 e. The third-order valence-corrected chi connectivity index (χ3v) is 5.53. The summed E-state index contributed by atoms with van der Waals surface area (Å²) in [6.07, 6.45) is 0.898. The molecular weight excluding hydrogens is 308 g/mol. The van der Waals surface area contributed by atoms with E-state index in [9.17, 15) is 8.42 Å². The van der Waals surface area contributed by atoms with Crippen LogP contribution in [0.15, 0.2) is 17.0 Å². The maximum Gasteiger partial charge on any atom is 0.240 e. The highest BCUT2D eigenvalue weighted by atomic mass is 35.5. The monoisotopic (exact) mass is 332 g/mol. The van der Waals surface area contributed by atoms with E-state index in [0.29, 0.717) is 18.1 Å². The molecule has 0 saturated heterocycles. The van der Waals surface area contributed by atoms with Crippen molar-refractivity contribution in [3.63, 3.8) is 0 Å². The molecule has 21 heavy (non-hydrogen) atoms. The van der Waals surface area contributed by atoms with E-state index in [1.807, 2.05) is 34.7 Å². The van der Waals surface area contributed by atoms with E-state index in [4.69, 9.17) is 11.6 Å². The molecule has 0 fully saturated rings. The summed E-state index contributed by atoms with van der Waals surface area (Å²) in [7, 11) is -1.74. The lowest BCUT2D eigenvalue weighted by Crippen LogP contribution is -2.34. The van der Waals surface area contributed by atoms with E-state index in [2.05, 4.69) is 10.0 Å². The second-order valence-electron chi connectivity index (χ2n) is 6.06. The number of benzene rings is 1. The minimum absolute atomic E-state index is 0.0760. The summed E-state index contributed by atoms with van der Waals surface area (Å²) in [4.78, 5) is 0.257. The van der Waals surface area contributed by atoms with Crippen molar-refractivity contribution < 1.29 is 8.42 Å². The third-order valence-electron chi connectivity index (χ3n) is 3.79. The van der Waals surface area contributed by atoms with Gasteiger partial charge in [0.1, 0.15) is 0 Å². The Hall–Kier alpha value is -0.620. The number of nitrogens with one attached hydrogen (secondary N) is 2. The van der Waals surface area contributed by atoms with Crippen LogP contribution in [0.2, 0.25) is 5.02 Å². The fourth-order valence-corrected chi connectivity index (χ4v) is 3.71. The molecule has 0 aliphatic rings. The zero-order valence-electron chi connectivity index (χ0n) is 13.4. The molecule has 0 aromatic heterocycles. The maximum atomic E-state index is 12.5. The topological polar surface area (TPSA) is 58.2 Å². The van der Waals surface area contributed by atoms with Crippen LogP contribution < -0.4 is 10.0 Å². The molecule has 2 N–H and O–H groups in total. The van der Waals surface area contributed by atoms with Gasteiger partial charge in [0.2, 0.25) is 10.0 Å². The Labute approximate surface area is 133 Å². The van der Waals surface area contributed by atoms with Gasteiger partial charge in [-0.25, -0.2) is 13.1 Å². The van der Waals surface area contributed by atoms with E-state index in [1.165, 1.54) is 6.07 Å². The normalized spacial score (nSPS) is 12.7. The first kappa shape index (κ1) is 18.4. The Morgan fingerprint density at radius 3 is 2.43 bits per heavy atom. The summed E-state index contributed by atoms with van der Waals surface area (Å²) in [5.41, 5.74) is 1.54. The third kappa shape index (κ3) is 4.95. The molecule has 0 atom stereocenters. The van der Waals surface area contributed by atoms with Crippen LogP contribution in [0.25, 0.3) is 0 Å². The van der Waals surface area contributed by atoms with Crippen LogP contribution in [0.4, 0.5) is 0 Å². The first-order valence-corrected chi connectivity index (χ1v) is 8.92. The minimum Gasteiger partial charge on any atom is -0.316 e. The van der Waals surface area contributed by atoms with E-state index in [-0.39, 0.29) is 10.3 Å². The van der Waals surface area contributed by atoms with Gasteiger partial charge in [0.05, 0.1) is 4.90 Å². The van der Waals surface area contributed by atoms with Gasteiger partial charge >= 0.3 is 0 Å². The van der Waals surface area contributed by atoms with E-state index >= 15 is 0 Å². The predicted octanol–water partition coefficient (Wildman–Crippen LogP) is 3.08. The molecular formula is C15H25ClN2O2S. The molecule has 0 radical (unpaired) electrons. The molecule has 120 valence electrons. The van der Waals surface area contributed by atoms with Crippen molar-refractivity contribution in [2.24, 2.45) is 5.41 Å². The molecule has 0 spiro atoms. The summed E-state index contributed by atoms with van der Waals surface area (Å²) < 4.78 is 27.8. The molecule has 1 rings (SSSR count). The molecule has 1 aromatic rings. The SMILES string of the molecule is CCC(C)(C)CNS(=O)(=O)c1cc(Cl)cc(CNC)c1C. The fourth-order valence-electron chi connectivity index (χ4n) is 1.85. The molecule has 4 nitrogen and oxygen atoms in total. The maximum absolute atomic E-state index is 12.5. The smallest absolute Gasteiger partial charge is 0.240 e. The molecule has 1 aromatic carbocycles. The molecule has 0 saturated carbocycles. The Balaban J connectivity index is 3.14. The molecule has 0 amide bonds. The van der Waals surface area contributed by atoms with Crippen molar-refractivity contribution in [2.75, 3.05) is 13.6 Å². The summed E-state index contributed by atoms with van der Waals surface area (Å²) in [5.74, 6) is 0. The van der Waals surface area contributed by atoms with E-state index in [0.717, 1.165) is 17.5 Å². The molecule has 0 aliphatic carbocycles. The number of sulfonamides is 1. The second kappa shape index (κ2) is 7.09. The number of halogens is 1. The zero-order chi connectivity index (χ0) is 16.3. The summed E-state index contributed by atoms with van der Waals surface area (Å²) in [6.45, 7) is 8.90. The molecule has 6 heteroatoms. The van der Waals surface area contributed by atoms with Gasteiger partial charge in [-0.15, -0.1) is 0 Å². The van der Waals surface area contributed by atoms with Crippen molar-refractivity contribution in [3.8, 4) is 0 Å². The van der Waals surface area contributed by atoms with Crippen LogP contribution in [0, 0.1) is 12.3 Å². The zero-order valence-corrected chi connectivity index (χ0v) is 15.0. The van der Waals surface area contributed by atoms with E-state index < -0.39 is 10.0 Å². The van der Waals surface area contributed by atoms with Crippen LogP contribution in [0.5, 0.6) is 0 Å². The van der Waals surface area contributed by atoms with Crippen molar-refractivity contribution in [1.82, 2.24) is 10.0 Å². The Bertz CT molecular complexity index is 598. The van der Waals surface area contributed by atoms with Crippen molar-refractivity contribution >= 4 is 21.6 Å². The Morgan fingerprint density at radius 2 is 1.90 bits per heavy atom. The average molecular weight is 333 g/mol. The lowest BCUT2D eigenvalue weighted by Gasteiger charge is -2.23. The Morgan fingerprint density at radius 1 is 1.29 bits per heavy atom. The standard InChI is InChI=1S/C15H25ClN2O2S/c1-6-15(3,4)10-18-21(19,20)14-8-13(16)7-12(9-17-5)11(14)2/h7-8,17-18H,6,9-10H2,1-5H3. The molecule has 0 aliphatic heterocycles. The van der Waals surface area contributed by atoms with Gasteiger partial charge in [-0.2, -0.15) is 0 Å². The predicted molar refractivity (Wildman–Crippen MR) is 88.2 cm³/mol. The highest BCUT2D eigenvalue weighted by molar-refractivity contribution is 7.89. The highest BCUT2D eigenvalue weighted by Crippen LogP contribution is 2.25. The quantitative estimate of drug-likeness (QED) is 0.806. The van der Waals surface area contributed by atoms with Crippen LogP contribution >= 0.6 is 11.6 Å². The van der Waals surface area contributed by atoms with Gasteiger partial charge in [0, 0.05) is 18.1 Å². The summed E-state index contributed by atoms with van der Waals surface area (Å²) >= 11 is 6.06. The van der Waals surface area contributed by atoms with E-state index in [1.54, 1.807) is 6.07 Å². The van der Waals surface area contributed by atoms with Gasteiger partial charge in [-0.05, 0) is 49.1 Å². The number of rotatable bonds is 7. The minimum atomic E-state index is -3.56. The number of hydrogen-bond acceptors (Lipinski definition) is 3. The van der Waals surface area contributed by atoms with Crippen molar-refractivity contribution in [3.05, 3.63) is 28.3 Å². The number of hydrogen-bond donors (Lipinski definition) is 2. The van der Waals surface area contributed by atoms with Gasteiger partial charge in [-0.1, -0.05) is 32.4 Å². The van der Waals surface area contributed by atoms with Gasteiger partial charge in [0.25, 0.3) is 0 Å². The van der Waals surface area contributed by atoms with Crippen LogP contribution in [0.1, 0.15) is 38.3 Å². The lowest BCUT2D eigenvalue weighted by molar-refractivity contribution is 0.350. The fraction of sp³-hybridized carbons (Fsp3) is 0.600. The van der Waals surface area contributed by atoms with Gasteiger partial charge < -0.3 is 5.32 Å². The van der Waals surface area contributed by atoms with Crippen molar-refractivity contribution in [2.45, 2.75) is 45.6 Å². The van der Waals surface area contributed by atoms with Crippen molar-refractivity contribution in [1.29, 1.82) is 0 Å². The molecule has 0 bridgehead atoms. The van der Waals surface area contributed by atoms with Crippen LogP contribution in [-0.2, 0) is 16.6 Å². The van der Waals surface area contributed by atoms with Gasteiger partial charge in [-0.3, -0.25) is 0 Å². The molecule has 0 unspecified atom stereocenters. The van der Waals surface area contributed by atoms with Crippen LogP contribution in [0.3, 0.4) is 0 Å². The molecule has 0 heterocycles.